The second kappa shape index (κ2) is 7.17. The maximum absolute atomic E-state index is 11.9. The van der Waals surface area contributed by atoms with E-state index in [1.807, 2.05) is 19.1 Å². The van der Waals surface area contributed by atoms with Crippen molar-refractivity contribution in [2.45, 2.75) is 27.3 Å². The fraction of sp³-hybridized carbons (Fsp3) is 0.400. The molecular weight excluding hydrogens is 284 g/mol. The number of pyridine rings is 1. The van der Waals surface area contributed by atoms with E-state index in [1.165, 1.54) is 11.3 Å². The van der Waals surface area contributed by atoms with Crippen molar-refractivity contribution < 1.29 is 4.79 Å². The SMILES string of the molecule is CCN(CC)c1ccc(CNC(=O)c2csc(C)n2)cn1. The van der Waals surface area contributed by atoms with Crippen molar-refractivity contribution in [3.8, 4) is 0 Å². The molecule has 1 N–H and O–H groups in total. The quantitative estimate of drug-likeness (QED) is 0.891. The van der Waals surface area contributed by atoms with Crippen LogP contribution in [0.3, 0.4) is 0 Å². The van der Waals surface area contributed by atoms with Gasteiger partial charge in [0, 0.05) is 31.2 Å². The van der Waals surface area contributed by atoms with E-state index in [9.17, 15) is 4.79 Å². The lowest BCUT2D eigenvalue weighted by atomic mass is 10.2. The standard InChI is InChI=1S/C15H20N4OS/c1-4-19(5-2)14-7-6-12(8-16-14)9-17-15(20)13-10-21-11(3)18-13/h6-8,10H,4-5,9H2,1-3H3,(H,17,20). The first kappa shape index (κ1) is 15.4. The van der Waals surface area contributed by atoms with Gasteiger partial charge in [-0.1, -0.05) is 6.07 Å². The second-order valence-electron chi connectivity index (χ2n) is 4.63. The molecule has 0 unspecified atom stereocenters. The number of nitrogens with zero attached hydrogens (tertiary/aromatic N) is 3. The number of hydrogen-bond acceptors (Lipinski definition) is 5. The lowest BCUT2D eigenvalue weighted by Gasteiger charge is -2.19. The van der Waals surface area contributed by atoms with Crippen molar-refractivity contribution in [1.82, 2.24) is 15.3 Å². The molecule has 0 saturated heterocycles. The summed E-state index contributed by atoms with van der Waals surface area (Å²) in [5.74, 6) is 0.817. The molecular formula is C15H20N4OS. The Morgan fingerprint density at radius 1 is 1.33 bits per heavy atom. The van der Waals surface area contributed by atoms with Crippen LogP contribution in [0, 0.1) is 6.92 Å². The van der Waals surface area contributed by atoms with Crippen molar-refractivity contribution in [2.75, 3.05) is 18.0 Å². The molecule has 0 saturated carbocycles. The highest BCUT2D eigenvalue weighted by molar-refractivity contribution is 7.09. The summed E-state index contributed by atoms with van der Waals surface area (Å²) in [4.78, 5) is 22.7. The van der Waals surface area contributed by atoms with Gasteiger partial charge in [0.25, 0.3) is 5.91 Å². The first-order chi connectivity index (χ1) is 10.1. The van der Waals surface area contributed by atoms with E-state index < -0.39 is 0 Å². The molecule has 0 fully saturated rings. The summed E-state index contributed by atoms with van der Waals surface area (Å²) in [5, 5.41) is 5.52. The van der Waals surface area contributed by atoms with Crippen LogP contribution >= 0.6 is 11.3 Å². The number of carbonyl (C=O) groups excluding carboxylic acids is 1. The smallest absolute Gasteiger partial charge is 0.271 e. The van der Waals surface area contributed by atoms with Crippen molar-refractivity contribution >= 4 is 23.1 Å². The van der Waals surface area contributed by atoms with Gasteiger partial charge in [0.1, 0.15) is 11.5 Å². The second-order valence-corrected chi connectivity index (χ2v) is 5.69. The number of aromatic nitrogens is 2. The summed E-state index contributed by atoms with van der Waals surface area (Å²) in [6.45, 7) is 8.42. The number of thiazole rings is 1. The summed E-state index contributed by atoms with van der Waals surface area (Å²) < 4.78 is 0. The minimum absolute atomic E-state index is 0.146. The van der Waals surface area contributed by atoms with E-state index in [0.29, 0.717) is 12.2 Å². The van der Waals surface area contributed by atoms with Gasteiger partial charge in [0.2, 0.25) is 0 Å². The Labute approximate surface area is 129 Å². The van der Waals surface area contributed by atoms with Crippen LogP contribution in [0.15, 0.2) is 23.7 Å². The molecule has 0 radical (unpaired) electrons. The summed E-state index contributed by atoms with van der Waals surface area (Å²) >= 11 is 1.47. The topological polar surface area (TPSA) is 58.1 Å². The van der Waals surface area contributed by atoms with E-state index in [2.05, 4.69) is 34.0 Å². The molecule has 0 spiro atoms. The first-order valence-corrected chi connectivity index (χ1v) is 7.92. The fourth-order valence-electron chi connectivity index (χ4n) is 2.00. The molecule has 2 aromatic rings. The van der Waals surface area contributed by atoms with Gasteiger partial charge in [0.05, 0.1) is 5.01 Å². The average molecular weight is 304 g/mol. The molecule has 0 aliphatic carbocycles. The molecule has 0 bridgehead atoms. The van der Waals surface area contributed by atoms with Gasteiger partial charge in [-0.05, 0) is 32.4 Å². The zero-order chi connectivity index (χ0) is 15.2. The van der Waals surface area contributed by atoms with Crippen molar-refractivity contribution in [3.05, 3.63) is 40.0 Å². The molecule has 0 aliphatic rings. The number of amides is 1. The summed E-state index contributed by atoms with van der Waals surface area (Å²) in [6.07, 6.45) is 1.81. The maximum Gasteiger partial charge on any atom is 0.271 e. The lowest BCUT2D eigenvalue weighted by molar-refractivity contribution is 0.0946. The average Bonchev–Trinajstić information content (AvgIpc) is 2.94. The zero-order valence-electron chi connectivity index (χ0n) is 12.6. The molecule has 0 aliphatic heterocycles. The Kier molecular flexibility index (Phi) is 5.27. The highest BCUT2D eigenvalue weighted by atomic mass is 32.1. The predicted octanol–water partition coefficient (Wildman–Crippen LogP) is 2.62. The molecule has 1 amide bonds. The summed E-state index contributed by atoms with van der Waals surface area (Å²) in [5.41, 5.74) is 1.46. The first-order valence-electron chi connectivity index (χ1n) is 7.04. The molecule has 2 aromatic heterocycles. The van der Waals surface area contributed by atoms with Crippen molar-refractivity contribution in [1.29, 1.82) is 0 Å². The molecule has 2 heterocycles. The van der Waals surface area contributed by atoms with Gasteiger partial charge in [-0.25, -0.2) is 9.97 Å². The van der Waals surface area contributed by atoms with E-state index in [-0.39, 0.29) is 5.91 Å². The molecule has 5 nitrogen and oxygen atoms in total. The maximum atomic E-state index is 11.9. The minimum atomic E-state index is -0.146. The number of anilines is 1. The normalized spacial score (nSPS) is 10.4. The van der Waals surface area contributed by atoms with E-state index in [4.69, 9.17) is 0 Å². The van der Waals surface area contributed by atoms with Crippen molar-refractivity contribution in [3.63, 3.8) is 0 Å². The zero-order valence-corrected chi connectivity index (χ0v) is 13.4. The Hall–Kier alpha value is -1.95. The van der Waals surface area contributed by atoms with Gasteiger partial charge < -0.3 is 10.2 Å². The Balaban J connectivity index is 1.93. The monoisotopic (exact) mass is 304 g/mol. The summed E-state index contributed by atoms with van der Waals surface area (Å²) in [7, 11) is 0. The summed E-state index contributed by atoms with van der Waals surface area (Å²) in [6, 6.07) is 3.98. The molecule has 0 aromatic carbocycles. The molecule has 21 heavy (non-hydrogen) atoms. The number of rotatable bonds is 6. The number of nitrogens with one attached hydrogen (secondary N) is 1. The lowest BCUT2D eigenvalue weighted by Crippen LogP contribution is -2.24. The Morgan fingerprint density at radius 3 is 2.62 bits per heavy atom. The van der Waals surface area contributed by atoms with Crippen LogP contribution in [-0.2, 0) is 6.54 Å². The number of carbonyl (C=O) groups is 1. The molecule has 2 rings (SSSR count). The van der Waals surface area contributed by atoms with Gasteiger partial charge >= 0.3 is 0 Å². The third-order valence-corrected chi connectivity index (χ3v) is 3.97. The fourth-order valence-corrected chi connectivity index (χ4v) is 2.59. The van der Waals surface area contributed by atoms with Crippen LogP contribution in [0.4, 0.5) is 5.82 Å². The third-order valence-electron chi connectivity index (χ3n) is 3.20. The predicted molar refractivity (Wildman–Crippen MR) is 85.8 cm³/mol. The molecule has 112 valence electrons. The Morgan fingerprint density at radius 2 is 2.10 bits per heavy atom. The van der Waals surface area contributed by atoms with E-state index >= 15 is 0 Å². The van der Waals surface area contributed by atoms with Gasteiger partial charge in [-0.3, -0.25) is 4.79 Å². The number of aryl methyl sites for hydroxylation is 1. The Bertz CT molecular complexity index is 590. The van der Waals surface area contributed by atoms with Crippen LogP contribution in [0.25, 0.3) is 0 Å². The highest BCUT2D eigenvalue weighted by Gasteiger charge is 2.09. The van der Waals surface area contributed by atoms with E-state index in [0.717, 1.165) is 29.5 Å². The van der Waals surface area contributed by atoms with Gasteiger partial charge in [-0.15, -0.1) is 11.3 Å². The van der Waals surface area contributed by atoms with Crippen LogP contribution in [0.5, 0.6) is 0 Å². The molecule has 6 heteroatoms. The van der Waals surface area contributed by atoms with Gasteiger partial charge in [0.15, 0.2) is 0 Å². The van der Waals surface area contributed by atoms with Crippen LogP contribution in [0.2, 0.25) is 0 Å². The highest BCUT2D eigenvalue weighted by Crippen LogP contribution is 2.11. The van der Waals surface area contributed by atoms with Crippen LogP contribution < -0.4 is 10.2 Å². The van der Waals surface area contributed by atoms with E-state index in [1.54, 1.807) is 11.6 Å². The third kappa shape index (κ3) is 4.01. The minimum Gasteiger partial charge on any atom is -0.357 e. The van der Waals surface area contributed by atoms with Crippen molar-refractivity contribution in [2.24, 2.45) is 0 Å². The molecule has 0 atom stereocenters. The van der Waals surface area contributed by atoms with Gasteiger partial charge in [-0.2, -0.15) is 0 Å². The van der Waals surface area contributed by atoms with Crippen LogP contribution in [-0.4, -0.2) is 29.0 Å². The largest absolute Gasteiger partial charge is 0.357 e. The number of hydrogen-bond donors (Lipinski definition) is 1. The van der Waals surface area contributed by atoms with Crippen LogP contribution in [0.1, 0.15) is 34.9 Å².